The van der Waals surface area contributed by atoms with E-state index in [1.54, 1.807) is 0 Å². The van der Waals surface area contributed by atoms with Gasteiger partial charge in [-0.2, -0.15) is 0 Å². The summed E-state index contributed by atoms with van der Waals surface area (Å²) in [5, 5.41) is 2.33. The summed E-state index contributed by atoms with van der Waals surface area (Å²) < 4.78 is 25.2. The van der Waals surface area contributed by atoms with Crippen molar-refractivity contribution in [3.05, 3.63) is 29.8 Å². The normalized spacial score (nSPS) is 9.73. The molecule has 3 nitrogen and oxygen atoms in total. The van der Waals surface area contributed by atoms with E-state index in [2.05, 4.69) is 17.5 Å². The lowest BCUT2D eigenvalue weighted by molar-refractivity contribution is -0.115. The number of nitrogens with one attached hydrogen (secondary N) is 1. The standard InChI is InChI=1S/C9H8F2N2OS/c10-6-2-1-5(3-7(6)11)13-9(14)4-8(12)15/h1-3H,4H2,(H2,12,15)(H,13,14). The molecule has 0 atom stereocenters. The topological polar surface area (TPSA) is 55.1 Å². The molecule has 0 bridgehead atoms. The first-order valence-electron chi connectivity index (χ1n) is 4.02. The molecule has 15 heavy (non-hydrogen) atoms. The molecule has 0 aliphatic carbocycles. The first kappa shape index (κ1) is 11.5. The van der Waals surface area contributed by atoms with E-state index in [1.165, 1.54) is 6.07 Å². The van der Waals surface area contributed by atoms with Crippen molar-refractivity contribution >= 4 is 28.8 Å². The number of rotatable bonds is 3. The maximum Gasteiger partial charge on any atom is 0.231 e. The van der Waals surface area contributed by atoms with Gasteiger partial charge in [-0.15, -0.1) is 0 Å². The third-order valence-electron chi connectivity index (χ3n) is 1.54. The predicted molar refractivity (Wildman–Crippen MR) is 56.4 cm³/mol. The Morgan fingerprint density at radius 1 is 1.40 bits per heavy atom. The van der Waals surface area contributed by atoms with Gasteiger partial charge in [-0.1, -0.05) is 12.2 Å². The van der Waals surface area contributed by atoms with Crippen molar-refractivity contribution in [2.24, 2.45) is 5.73 Å². The summed E-state index contributed by atoms with van der Waals surface area (Å²) in [4.78, 5) is 11.2. The van der Waals surface area contributed by atoms with Crippen LogP contribution in [-0.2, 0) is 4.79 Å². The van der Waals surface area contributed by atoms with Crippen LogP contribution in [-0.4, -0.2) is 10.9 Å². The van der Waals surface area contributed by atoms with Crippen LogP contribution in [0.25, 0.3) is 0 Å². The van der Waals surface area contributed by atoms with Gasteiger partial charge < -0.3 is 11.1 Å². The number of nitrogens with two attached hydrogens (primary N) is 1. The molecule has 80 valence electrons. The first-order valence-corrected chi connectivity index (χ1v) is 4.43. The predicted octanol–water partition coefficient (Wildman–Crippen LogP) is 1.58. The number of hydrogen-bond acceptors (Lipinski definition) is 2. The quantitative estimate of drug-likeness (QED) is 0.775. The van der Waals surface area contributed by atoms with E-state index in [0.29, 0.717) is 0 Å². The van der Waals surface area contributed by atoms with Crippen LogP contribution < -0.4 is 11.1 Å². The molecule has 3 N–H and O–H groups in total. The summed E-state index contributed by atoms with van der Waals surface area (Å²) >= 11 is 4.52. The number of benzene rings is 1. The Morgan fingerprint density at radius 3 is 2.60 bits per heavy atom. The molecule has 0 heterocycles. The van der Waals surface area contributed by atoms with Gasteiger partial charge in [0.15, 0.2) is 11.6 Å². The number of anilines is 1. The molecule has 0 fully saturated rings. The summed E-state index contributed by atoms with van der Waals surface area (Å²) in [6.45, 7) is 0. The highest BCUT2D eigenvalue weighted by Crippen LogP contribution is 2.13. The molecular weight excluding hydrogens is 222 g/mol. The number of amides is 1. The molecule has 6 heteroatoms. The molecule has 0 spiro atoms. The zero-order chi connectivity index (χ0) is 11.4. The molecule has 0 saturated carbocycles. The van der Waals surface area contributed by atoms with Gasteiger partial charge >= 0.3 is 0 Å². The van der Waals surface area contributed by atoms with Gasteiger partial charge in [0.2, 0.25) is 5.91 Å². The second kappa shape index (κ2) is 4.79. The van der Waals surface area contributed by atoms with Gasteiger partial charge in [-0.05, 0) is 12.1 Å². The Bertz CT molecular complexity index is 409. The second-order valence-corrected chi connectivity index (χ2v) is 3.34. The molecule has 0 aliphatic heterocycles. The van der Waals surface area contributed by atoms with Crippen molar-refractivity contribution in [2.75, 3.05) is 5.32 Å². The third-order valence-corrected chi connectivity index (χ3v) is 1.68. The van der Waals surface area contributed by atoms with Gasteiger partial charge in [0, 0.05) is 11.8 Å². The van der Waals surface area contributed by atoms with Crippen molar-refractivity contribution in [2.45, 2.75) is 6.42 Å². The summed E-state index contributed by atoms with van der Waals surface area (Å²) in [5.74, 6) is -2.46. The summed E-state index contributed by atoms with van der Waals surface area (Å²) in [5.41, 5.74) is 5.30. The minimum Gasteiger partial charge on any atom is -0.393 e. The Balaban J connectivity index is 2.69. The highest BCUT2D eigenvalue weighted by Gasteiger charge is 2.06. The second-order valence-electron chi connectivity index (χ2n) is 2.82. The summed E-state index contributed by atoms with van der Waals surface area (Å²) in [7, 11) is 0. The van der Waals surface area contributed by atoms with E-state index in [4.69, 9.17) is 5.73 Å². The maximum absolute atomic E-state index is 12.7. The van der Waals surface area contributed by atoms with Crippen molar-refractivity contribution < 1.29 is 13.6 Å². The minimum atomic E-state index is -1.02. The summed E-state index contributed by atoms with van der Waals surface area (Å²) in [6, 6.07) is 3.05. The van der Waals surface area contributed by atoms with Crippen molar-refractivity contribution in [1.29, 1.82) is 0 Å². The highest BCUT2D eigenvalue weighted by molar-refractivity contribution is 7.80. The average molecular weight is 230 g/mol. The molecule has 0 aromatic heterocycles. The Hall–Kier alpha value is -1.56. The summed E-state index contributed by atoms with van der Waals surface area (Å²) in [6.07, 6.45) is -0.131. The first-order chi connectivity index (χ1) is 6.99. The number of halogens is 2. The lowest BCUT2D eigenvalue weighted by Crippen LogP contribution is -2.20. The third kappa shape index (κ3) is 3.59. The number of carbonyl (C=O) groups is 1. The highest BCUT2D eigenvalue weighted by atomic mass is 32.1. The molecule has 1 aromatic rings. The van der Waals surface area contributed by atoms with E-state index in [0.717, 1.165) is 12.1 Å². The van der Waals surface area contributed by atoms with Crippen LogP contribution in [0.3, 0.4) is 0 Å². The largest absolute Gasteiger partial charge is 0.393 e. The molecule has 0 saturated heterocycles. The van der Waals surface area contributed by atoms with Crippen LogP contribution in [0.5, 0.6) is 0 Å². The number of carbonyl (C=O) groups excluding carboxylic acids is 1. The van der Waals surface area contributed by atoms with Crippen LogP contribution in [0.15, 0.2) is 18.2 Å². The van der Waals surface area contributed by atoms with Crippen LogP contribution in [0, 0.1) is 11.6 Å². The fourth-order valence-corrected chi connectivity index (χ4v) is 1.07. The molecule has 0 aliphatic rings. The van der Waals surface area contributed by atoms with Gasteiger partial charge in [-0.3, -0.25) is 4.79 Å². The Morgan fingerprint density at radius 2 is 2.07 bits per heavy atom. The zero-order valence-corrected chi connectivity index (χ0v) is 8.41. The van der Waals surface area contributed by atoms with Crippen LogP contribution in [0.2, 0.25) is 0 Å². The molecule has 1 aromatic carbocycles. The molecule has 0 radical (unpaired) electrons. The molecular formula is C9H8F2N2OS. The molecule has 0 unspecified atom stereocenters. The van der Waals surface area contributed by atoms with Gasteiger partial charge in [-0.25, -0.2) is 8.78 Å². The monoisotopic (exact) mass is 230 g/mol. The van der Waals surface area contributed by atoms with Crippen molar-refractivity contribution in [3.8, 4) is 0 Å². The van der Waals surface area contributed by atoms with Crippen LogP contribution >= 0.6 is 12.2 Å². The fraction of sp³-hybridized carbons (Fsp3) is 0.111. The van der Waals surface area contributed by atoms with Crippen molar-refractivity contribution in [3.63, 3.8) is 0 Å². The smallest absolute Gasteiger partial charge is 0.231 e. The van der Waals surface area contributed by atoms with Gasteiger partial charge in [0.1, 0.15) is 0 Å². The fourth-order valence-electron chi connectivity index (χ4n) is 0.937. The van der Waals surface area contributed by atoms with Gasteiger partial charge in [0.25, 0.3) is 0 Å². The Kier molecular flexibility index (Phi) is 3.68. The van der Waals surface area contributed by atoms with E-state index < -0.39 is 17.5 Å². The molecule has 1 rings (SSSR count). The van der Waals surface area contributed by atoms with Crippen molar-refractivity contribution in [1.82, 2.24) is 0 Å². The zero-order valence-electron chi connectivity index (χ0n) is 7.59. The van der Waals surface area contributed by atoms with E-state index in [9.17, 15) is 13.6 Å². The van der Waals surface area contributed by atoms with Gasteiger partial charge in [0.05, 0.1) is 11.4 Å². The number of hydrogen-bond donors (Lipinski definition) is 2. The van der Waals surface area contributed by atoms with Crippen LogP contribution in [0.4, 0.5) is 14.5 Å². The lowest BCUT2D eigenvalue weighted by atomic mass is 10.3. The SMILES string of the molecule is NC(=S)CC(=O)Nc1ccc(F)c(F)c1. The molecule has 1 amide bonds. The Labute approximate surface area is 90.3 Å². The number of thiocarbonyl (C=S) groups is 1. The maximum atomic E-state index is 12.7. The van der Waals surface area contributed by atoms with E-state index >= 15 is 0 Å². The lowest BCUT2D eigenvalue weighted by Gasteiger charge is -2.04. The van der Waals surface area contributed by atoms with E-state index in [1.807, 2.05) is 0 Å². The van der Waals surface area contributed by atoms with Crippen LogP contribution in [0.1, 0.15) is 6.42 Å². The van der Waals surface area contributed by atoms with E-state index in [-0.39, 0.29) is 17.1 Å². The minimum absolute atomic E-state index is 0.0371. The average Bonchev–Trinajstić information content (AvgIpc) is 2.10.